The topological polar surface area (TPSA) is 111 Å². The number of nitrogens with zero attached hydrogens (tertiary/aromatic N) is 1. The Kier molecular flexibility index (Phi) is 3.92. The number of aliphatic imine (C=N–C) groups is 1. The summed E-state index contributed by atoms with van der Waals surface area (Å²) in [5.41, 5.74) is 10.5. The van der Waals surface area contributed by atoms with E-state index in [9.17, 15) is 8.42 Å². The normalized spacial score (nSPS) is 26.5. The molecule has 0 aromatic heterocycles. The van der Waals surface area contributed by atoms with Crippen molar-refractivity contribution in [3.05, 3.63) is 0 Å². The van der Waals surface area contributed by atoms with Crippen LogP contribution in [-0.4, -0.2) is 33.2 Å². The molecule has 0 spiro atoms. The molecule has 0 heterocycles. The van der Waals surface area contributed by atoms with E-state index in [0.717, 1.165) is 19.3 Å². The second-order valence-corrected chi connectivity index (χ2v) is 5.73. The number of nitrogens with two attached hydrogens (primary N) is 2. The lowest BCUT2D eigenvalue weighted by Crippen LogP contribution is -2.38. The molecule has 0 aliphatic heterocycles. The second-order valence-electron chi connectivity index (χ2n) is 3.95. The van der Waals surface area contributed by atoms with E-state index in [-0.39, 0.29) is 17.9 Å². The molecule has 0 radical (unpaired) electrons. The van der Waals surface area contributed by atoms with Crippen LogP contribution < -0.4 is 16.2 Å². The lowest BCUT2D eigenvalue weighted by molar-refractivity contribution is 0.455. The molecule has 7 heteroatoms. The minimum atomic E-state index is -3.14. The van der Waals surface area contributed by atoms with Crippen molar-refractivity contribution in [3.8, 4) is 0 Å². The highest BCUT2D eigenvalue weighted by molar-refractivity contribution is 7.88. The summed E-state index contributed by atoms with van der Waals surface area (Å²) in [6.45, 7) is 0.496. The van der Waals surface area contributed by atoms with E-state index in [1.807, 2.05) is 0 Å². The predicted octanol–water partition coefficient (Wildman–Crippen LogP) is -1.02. The zero-order valence-corrected chi connectivity index (χ0v) is 9.63. The maximum absolute atomic E-state index is 11.1. The standard InChI is InChI=1S/C8H18N4O2S/c1-15(13,14)12-7-4-2-3-6(7)5-11-8(9)10/h6-7,12H,2-5H2,1H3,(H4,9,10,11). The molecule has 0 aromatic rings. The van der Waals surface area contributed by atoms with E-state index in [1.165, 1.54) is 6.26 Å². The van der Waals surface area contributed by atoms with Gasteiger partial charge in [-0.25, -0.2) is 13.1 Å². The number of guanidine groups is 1. The molecule has 1 saturated carbocycles. The van der Waals surface area contributed by atoms with Gasteiger partial charge < -0.3 is 11.5 Å². The van der Waals surface area contributed by atoms with Crippen LogP contribution in [0.3, 0.4) is 0 Å². The molecular weight excluding hydrogens is 216 g/mol. The van der Waals surface area contributed by atoms with Gasteiger partial charge in [0.05, 0.1) is 6.26 Å². The van der Waals surface area contributed by atoms with Crippen molar-refractivity contribution in [1.82, 2.24) is 4.72 Å². The van der Waals surface area contributed by atoms with Crippen molar-refractivity contribution in [2.75, 3.05) is 12.8 Å². The van der Waals surface area contributed by atoms with Crippen molar-refractivity contribution < 1.29 is 8.42 Å². The van der Waals surface area contributed by atoms with E-state index in [0.29, 0.717) is 6.54 Å². The van der Waals surface area contributed by atoms with Gasteiger partial charge in [0.1, 0.15) is 0 Å². The number of sulfonamides is 1. The molecule has 0 bridgehead atoms. The molecule has 5 N–H and O–H groups in total. The highest BCUT2D eigenvalue weighted by Gasteiger charge is 2.28. The van der Waals surface area contributed by atoms with Gasteiger partial charge in [-0.05, 0) is 18.8 Å². The third kappa shape index (κ3) is 4.48. The van der Waals surface area contributed by atoms with Crippen molar-refractivity contribution in [1.29, 1.82) is 0 Å². The van der Waals surface area contributed by atoms with E-state index in [1.54, 1.807) is 0 Å². The lowest BCUT2D eigenvalue weighted by Gasteiger charge is -2.17. The monoisotopic (exact) mass is 234 g/mol. The number of nitrogens with one attached hydrogen (secondary N) is 1. The minimum Gasteiger partial charge on any atom is -0.370 e. The molecule has 1 fully saturated rings. The van der Waals surface area contributed by atoms with Crippen LogP contribution in [0.15, 0.2) is 4.99 Å². The van der Waals surface area contributed by atoms with Gasteiger partial charge in [-0.3, -0.25) is 4.99 Å². The summed E-state index contributed by atoms with van der Waals surface area (Å²) < 4.78 is 24.8. The van der Waals surface area contributed by atoms with Crippen LogP contribution >= 0.6 is 0 Å². The summed E-state index contributed by atoms with van der Waals surface area (Å²) in [7, 11) is -3.14. The predicted molar refractivity (Wildman–Crippen MR) is 59.8 cm³/mol. The molecule has 0 amide bonds. The van der Waals surface area contributed by atoms with Gasteiger partial charge in [0.2, 0.25) is 10.0 Å². The summed E-state index contributed by atoms with van der Waals surface area (Å²) in [5.74, 6) is 0.266. The molecule has 2 atom stereocenters. The zero-order valence-electron chi connectivity index (χ0n) is 8.81. The van der Waals surface area contributed by atoms with E-state index in [4.69, 9.17) is 11.5 Å². The van der Waals surface area contributed by atoms with E-state index >= 15 is 0 Å². The molecule has 88 valence electrons. The van der Waals surface area contributed by atoms with E-state index < -0.39 is 10.0 Å². The first-order chi connectivity index (χ1) is 6.88. The van der Waals surface area contributed by atoms with Crippen molar-refractivity contribution >= 4 is 16.0 Å². The third-order valence-electron chi connectivity index (χ3n) is 2.53. The minimum absolute atomic E-state index is 0.0249. The maximum atomic E-state index is 11.1. The Morgan fingerprint density at radius 3 is 2.67 bits per heavy atom. The van der Waals surface area contributed by atoms with Crippen molar-refractivity contribution in [3.63, 3.8) is 0 Å². The van der Waals surface area contributed by atoms with Gasteiger partial charge in [0.15, 0.2) is 5.96 Å². The van der Waals surface area contributed by atoms with Crippen molar-refractivity contribution in [2.45, 2.75) is 25.3 Å². The third-order valence-corrected chi connectivity index (χ3v) is 3.26. The fourth-order valence-corrected chi connectivity index (χ4v) is 2.77. The Balaban J connectivity index is 2.54. The summed E-state index contributed by atoms with van der Waals surface area (Å²) in [6, 6.07) is -0.0249. The Labute approximate surface area is 90.2 Å². The quantitative estimate of drug-likeness (QED) is 0.427. The van der Waals surface area contributed by atoms with Gasteiger partial charge in [-0.2, -0.15) is 0 Å². The highest BCUT2D eigenvalue weighted by atomic mass is 32.2. The van der Waals surface area contributed by atoms with Crippen molar-refractivity contribution in [2.24, 2.45) is 22.4 Å². The van der Waals surface area contributed by atoms with Crippen LogP contribution in [0.4, 0.5) is 0 Å². The summed E-state index contributed by atoms with van der Waals surface area (Å²) in [5, 5.41) is 0. The van der Waals surface area contributed by atoms with E-state index in [2.05, 4.69) is 9.71 Å². The molecule has 6 nitrogen and oxygen atoms in total. The summed E-state index contributed by atoms with van der Waals surface area (Å²) in [6.07, 6.45) is 4.00. The molecule has 1 rings (SSSR count). The fraction of sp³-hybridized carbons (Fsp3) is 0.875. The van der Waals surface area contributed by atoms with Gasteiger partial charge in [0.25, 0.3) is 0 Å². The molecule has 0 saturated heterocycles. The second kappa shape index (κ2) is 4.80. The Morgan fingerprint density at radius 2 is 2.13 bits per heavy atom. The molecule has 1 aliphatic rings. The highest BCUT2D eigenvalue weighted by Crippen LogP contribution is 2.26. The first-order valence-electron chi connectivity index (χ1n) is 4.91. The molecule has 1 aliphatic carbocycles. The summed E-state index contributed by atoms with van der Waals surface area (Å²) >= 11 is 0. The average Bonchev–Trinajstić information content (AvgIpc) is 2.45. The Morgan fingerprint density at radius 1 is 1.47 bits per heavy atom. The van der Waals surface area contributed by atoms with Crippen LogP contribution in [0.5, 0.6) is 0 Å². The molecule has 15 heavy (non-hydrogen) atoms. The average molecular weight is 234 g/mol. The first-order valence-corrected chi connectivity index (χ1v) is 6.80. The first kappa shape index (κ1) is 12.3. The SMILES string of the molecule is CS(=O)(=O)NC1CCCC1CN=C(N)N. The van der Waals surface area contributed by atoms with Gasteiger partial charge in [-0.1, -0.05) is 6.42 Å². The van der Waals surface area contributed by atoms with Crippen LogP contribution in [0.2, 0.25) is 0 Å². The van der Waals surface area contributed by atoms with Crippen LogP contribution in [0, 0.1) is 5.92 Å². The van der Waals surface area contributed by atoms with Crippen LogP contribution in [-0.2, 0) is 10.0 Å². The largest absolute Gasteiger partial charge is 0.370 e. The Hall–Kier alpha value is -0.820. The summed E-state index contributed by atoms with van der Waals surface area (Å²) in [4.78, 5) is 3.92. The lowest BCUT2D eigenvalue weighted by atomic mass is 10.1. The maximum Gasteiger partial charge on any atom is 0.208 e. The molecule has 0 aromatic carbocycles. The number of hydrogen-bond donors (Lipinski definition) is 3. The smallest absolute Gasteiger partial charge is 0.208 e. The number of rotatable bonds is 4. The Bertz CT molecular complexity index is 335. The molecular formula is C8H18N4O2S. The number of hydrogen-bond acceptors (Lipinski definition) is 3. The van der Waals surface area contributed by atoms with Gasteiger partial charge >= 0.3 is 0 Å². The fourth-order valence-electron chi connectivity index (χ4n) is 1.91. The van der Waals surface area contributed by atoms with Crippen LogP contribution in [0.25, 0.3) is 0 Å². The van der Waals surface area contributed by atoms with Gasteiger partial charge in [-0.15, -0.1) is 0 Å². The molecule has 2 unspecified atom stereocenters. The zero-order chi connectivity index (χ0) is 11.5. The van der Waals surface area contributed by atoms with Crippen LogP contribution in [0.1, 0.15) is 19.3 Å². The van der Waals surface area contributed by atoms with Gasteiger partial charge in [0, 0.05) is 12.6 Å².